The molecule has 0 atom stereocenters. The normalized spacial score (nSPS) is 16.8. The number of primary amides is 1. The average molecular weight is 285 g/mol. The number of nitrogens with zero attached hydrogens (tertiary/aromatic N) is 4. The first-order valence-corrected chi connectivity index (χ1v) is 6.90. The van der Waals surface area contributed by atoms with Crippen LogP contribution >= 0.6 is 11.5 Å². The molecule has 1 aromatic heterocycles. The largest absolute Gasteiger partial charge is 0.371 e. The highest BCUT2D eigenvalue weighted by molar-refractivity contribution is 7.09. The summed E-state index contributed by atoms with van der Waals surface area (Å²) in [7, 11) is 1.65. The Morgan fingerprint density at radius 2 is 2.00 bits per heavy atom. The smallest absolute Gasteiger partial charge is 0.314 e. The third kappa shape index (κ3) is 2.95. The number of methoxy groups -OCH3 is 1. The van der Waals surface area contributed by atoms with E-state index in [-0.39, 0.29) is 6.03 Å². The van der Waals surface area contributed by atoms with E-state index >= 15 is 0 Å². The fourth-order valence-corrected chi connectivity index (χ4v) is 2.65. The summed E-state index contributed by atoms with van der Waals surface area (Å²) < 4.78 is 9.71. The molecular weight excluding hydrogens is 266 g/mol. The Hall–Kier alpha value is -1.41. The Morgan fingerprint density at radius 1 is 1.37 bits per heavy atom. The van der Waals surface area contributed by atoms with E-state index in [2.05, 4.69) is 14.3 Å². The van der Waals surface area contributed by atoms with E-state index in [1.54, 1.807) is 12.0 Å². The van der Waals surface area contributed by atoms with Gasteiger partial charge < -0.3 is 20.3 Å². The fourth-order valence-electron chi connectivity index (χ4n) is 1.80. The lowest BCUT2D eigenvalue weighted by molar-refractivity contribution is 0.0125. The molecule has 2 heterocycles. The van der Waals surface area contributed by atoms with Crippen molar-refractivity contribution in [2.75, 3.05) is 38.2 Å². The molecule has 1 aromatic rings. The second-order valence-electron chi connectivity index (χ2n) is 4.93. The number of piperazine rings is 1. The zero-order chi connectivity index (χ0) is 14.0. The summed E-state index contributed by atoms with van der Waals surface area (Å²) in [6.07, 6.45) is 0. The number of urea groups is 1. The number of anilines is 1. The van der Waals surface area contributed by atoms with Crippen molar-refractivity contribution in [3.05, 3.63) is 5.82 Å². The van der Waals surface area contributed by atoms with Gasteiger partial charge in [0, 0.05) is 44.8 Å². The van der Waals surface area contributed by atoms with Gasteiger partial charge in [-0.25, -0.2) is 9.78 Å². The van der Waals surface area contributed by atoms with E-state index in [9.17, 15) is 4.79 Å². The lowest BCUT2D eigenvalue weighted by Crippen LogP contribution is -2.50. The Kier molecular flexibility index (Phi) is 3.91. The Balaban J connectivity index is 2.03. The van der Waals surface area contributed by atoms with Crippen molar-refractivity contribution < 1.29 is 9.53 Å². The van der Waals surface area contributed by atoms with Crippen molar-refractivity contribution in [2.45, 2.75) is 19.4 Å². The third-order valence-electron chi connectivity index (χ3n) is 3.33. The quantitative estimate of drug-likeness (QED) is 0.880. The highest BCUT2D eigenvalue weighted by Crippen LogP contribution is 2.26. The maximum Gasteiger partial charge on any atom is 0.314 e. The zero-order valence-electron chi connectivity index (χ0n) is 11.4. The molecule has 0 radical (unpaired) electrons. The molecule has 0 aliphatic carbocycles. The van der Waals surface area contributed by atoms with Gasteiger partial charge >= 0.3 is 6.03 Å². The monoisotopic (exact) mass is 285 g/mol. The molecule has 1 fully saturated rings. The maximum atomic E-state index is 11.1. The summed E-state index contributed by atoms with van der Waals surface area (Å²) in [5.74, 6) is 0.687. The predicted octanol–water partition coefficient (Wildman–Crippen LogP) is 0.620. The van der Waals surface area contributed by atoms with Crippen LogP contribution in [-0.4, -0.2) is 53.6 Å². The van der Waals surface area contributed by atoms with Crippen LogP contribution in [0.1, 0.15) is 19.7 Å². The molecule has 7 nitrogen and oxygen atoms in total. The number of hydrogen-bond acceptors (Lipinski definition) is 6. The van der Waals surface area contributed by atoms with Crippen LogP contribution in [0.4, 0.5) is 9.93 Å². The first-order valence-electron chi connectivity index (χ1n) is 6.12. The van der Waals surface area contributed by atoms with Gasteiger partial charge in [0.2, 0.25) is 5.13 Å². The highest BCUT2D eigenvalue weighted by Gasteiger charge is 2.27. The van der Waals surface area contributed by atoms with Gasteiger partial charge in [0.25, 0.3) is 0 Å². The molecule has 0 bridgehead atoms. The van der Waals surface area contributed by atoms with Crippen LogP contribution < -0.4 is 10.6 Å². The van der Waals surface area contributed by atoms with Crippen LogP contribution in [0, 0.1) is 0 Å². The van der Waals surface area contributed by atoms with Crippen LogP contribution in [-0.2, 0) is 10.3 Å². The Bertz CT molecular complexity index is 454. The molecule has 106 valence electrons. The number of aromatic nitrogens is 2. The minimum Gasteiger partial charge on any atom is -0.371 e. The predicted molar refractivity (Wildman–Crippen MR) is 73.3 cm³/mol. The summed E-state index contributed by atoms with van der Waals surface area (Å²) in [5.41, 5.74) is 4.77. The fraction of sp³-hybridized carbons (Fsp3) is 0.727. The number of amides is 2. The van der Waals surface area contributed by atoms with Crippen molar-refractivity contribution in [3.63, 3.8) is 0 Å². The van der Waals surface area contributed by atoms with E-state index in [0.717, 1.165) is 18.2 Å². The summed E-state index contributed by atoms with van der Waals surface area (Å²) in [5, 5.41) is 0.865. The number of nitrogens with two attached hydrogens (primary N) is 1. The number of carbonyl (C=O) groups excluding carboxylic acids is 1. The topological polar surface area (TPSA) is 84.6 Å². The van der Waals surface area contributed by atoms with Crippen LogP contribution in [0.25, 0.3) is 0 Å². The van der Waals surface area contributed by atoms with E-state index < -0.39 is 5.60 Å². The molecule has 0 unspecified atom stereocenters. The molecule has 0 saturated carbocycles. The minimum atomic E-state index is -0.482. The number of ether oxygens (including phenoxy) is 1. The maximum absolute atomic E-state index is 11.1. The van der Waals surface area contributed by atoms with Crippen molar-refractivity contribution in [1.82, 2.24) is 14.3 Å². The van der Waals surface area contributed by atoms with Crippen molar-refractivity contribution in [1.29, 1.82) is 0 Å². The first-order chi connectivity index (χ1) is 8.94. The second kappa shape index (κ2) is 5.30. The zero-order valence-corrected chi connectivity index (χ0v) is 12.2. The van der Waals surface area contributed by atoms with Crippen molar-refractivity contribution in [2.24, 2.45) is 5.73 Å². The van der Waals surface area contributed by atoms with Crippen LogP contribution in [0.15, 0.2) is 0 Å². The molecule has 0 spiro atoms. The van der Waals surface area contributed by atoms with Crippen LogP contribution in [0.2, 0.25) is 0 Å². The molecular formula is C11H19N5O2S. The number of hydrogen-bond donors (Lipinski definition) is 1. The lowest BCUT2D eigenvalue weighted by Gasteiger charge is -2.33. The molecule has 1 saturated heterocycles. The van der Waals surface area contributed by atoms with Crippen LogP contribution in [0.5, 0.6) is 0 Å². The summed E-state index contributed by atoms with van der Waals surface area (Å²) in [4.78, 5) is 19.3. The Morgan fingerprint density at radius 3 is 2.53 bits per heavy atom. The number of carbonyl (C=O) groups is 1. The van der Waals surface area contributed by atoms with Gasteiger partial charge in [-0.15, -0.1) is 0 Å². The second-order valence-corrected chi connectivity index (χ2v) is 5.66. The SMILES string of the molecule is COC(C)(C)c1nsc(N2CCN(C(N)=O)CC2)n1. The molecule has 1 aliphatic heterocycles. The number of rotatable bonds is 3. The first kappa shape index (κ1) is 14.0. The Labute approximate surface area is 116 Å². The van der Waals surface area contributed by atoms with Gasteiger partial charge in [0.1, 0.15) is 5.60 Å². The molecule has 0 aromatic carbocycles. The highest BCUT2D eigenvalue weighted by atomic mass is 32.1. The van der Waals surface area contributed by atoms with Gasteiger partial charge in [-0.05, 0) is 13.8 Å². The molecule has 2 amide bonds. The van der Waals surface area contributed by atoms with Gasteiger partial charge in [0.05, 0.1) is 0 Å². The lowest BCUT2D eigenvalue weighted by atomic mass is 10.1. The molecule has 8 heteroatoms. The average Bonchev–Trinajstić information content (AvgIpc) is 2.89. The molecule has 2 N–H and O–H groups in total. The summed E-state index contributed by atoms with van der Waals surface area (Å²) >= 11 is 1.36. The van der Waals surface area contributed by atoms with E-state index in [1.807, 2.05) is 13.8 Å². The molecule has 19 heavy (non-hydrogen) atoms. The van der Waals surface area contributed by atoms with Gasteiger partial charge in [-0.2, -0.15) is 4.37 Å². The van der Waals surface area contributed by atoms with E-state index in [4.69, 9.17) is 10.5 Å². The van der Waals surface area contributed by atoms with Gasteiger partial charge in [-0.1, -0.05) is 0 Å². The minimum absolute atomic E-state index is 0.363. The van der Waals surface area contributed by atoms with Crippen LogP contribution in [0.3, 0.4) is 0 Å². The van der Waals surface area contributed by atoms with Crippen molar-refractivity contribution in [3.8, 4) is 0 Å². The standard InChI is InChI=1S/C11H19N5O2S/c1-11(2,18-3)8-13-10(19-14-8)16-6-4-15(5-7-16)9(12)17/h4-7H2,1-3H3,(H2,12,17). The van der Waals surface area contributed by atoms with Gasteiger partial charge in [0.15, 0.2) is 5.82 Å². The van der Waals surface area contributed by atoms with E-state index in [0.29, 0.717) is 18.9 Å². The van der Waals surface area contributed by atoms with E-state index in [1.165, 1.54) is 11.5 Å². The summed E-state index contributed by atoms with van der Waals surface area (Å²) in [6.45, 7) is 6.57. The summed E-state index contributed by atoms with van der Waals surface area (Å²) in [6, 6.07) is -0.363. The van der Waals surface area contributed by atoms with Gasteiger partial charge in [-0.3, -0.25) is 0 Å². The molecule has 1 aliphatic rings. The van der Waals surface area contributed by atoms with Crippen molar-refractivity contribution >= 4 is 22.7 Å². The molecule has 2 rings (SSSR count). The third-order valence-corrected chi connectivity index (χ3v) is 4.10.